The van der Waals surface area contributed by atoms with Crippen molar-refractivity contribution >= 4 is 11.9 Å². The van der Waals surface area contributed by atoms with Gasteiger partial charge in [-0.25, -0.2) is 4.98 Å². The molecule has 1 amide bonds. The van der Waals surface area contributed by atoms with Crippen LogP contribution in [0.3, 0.4) is 0 Å². The molecule has 19 heavy (non-hydrogen) atoms. The monoisotopic (exact) mass is 265 g/mol. The summed E-state index contributed by atoms with van der Waals surface area (Å²) in [5.41, 5.74) is -0.334. The van der Waals surface area contributed by atoms with E-state index in [0.29, 0.717) is 18.7 Å². The highest BCUT2D eigenvalue weighted by Crippen LogP contribution is 2.38. The van der Waals surface area contributed by atoms with Crippen molar-refractivity contribution in [3.8, 4) is 0 Å². The smallest absolute Gasteiger partial charge is 0.311 e. The summed E-state index contributed by atoms with van der Waals surface area (Å²) < 4.78 is 1.65. The molecule has 1 aromatic heterocycles. The number of amides is 1. The summed E-state index contributed by atoms with van der Waals surface area (Å²) >= 11 is 0. The van der Waals surface area contributed by atoms with Gasteiger partial charge in [0.25, 0.3) is 5.91 Å². The van der Waals surface area contributed by atoms with E-state index in [2.05, 4.69) is 4.98 Å². The predicted molar refractivity (Wildman–Crippen MR) is 68.6 cm³/mol. The lowest BCUT2D eigenvalue weighted by molar-refractivity contribution is -0.150. The number of imidazole rings is 1. The molecule has 1 atom stereocenters. The highest BCUT2D eigenvalue weighted by molar-refractivity contribution is 5.93. The zero-order chi connectivity index (χ0) is 14.2. The van der Waals surface area contributed by atoms with Gasteiger partial charge in [0.1, 0.15) is 5.69 Å². The molecule has 1 aliphatic heterocycles. The van der Waals surface area contributed by atoms with Gasteiger partial charge in [0.05, 0.1) is 17.9 Å². The van der Waals surface area contributed by atoms with Gasteiger partial charge in [0.15, 0.2) is 0 Å². The first-order valence-electron chi connectivity index (χ1n) is 6.37. The van der Waals surface area contributed by atoms with Crippen LogP contribution in [0.1, 0.15) is 30.8 Å². The molecule has 6 heteroatoms. The zero-order valence-corrected chi connectivity index (χ0v) is 11.5. The topological polar surface area (TPSA) is 75.4 Å². The Morgan fingerprint density at radius 3 is 2.58 bits per heavy atom. The largest absolute Gasteiger partial charge is 0.481 e. The molecule has 0 aliphatic carbocycles. The normalized spacial score (nSPS) is 23.1. The summed E-state index contributed by atoms with van der Waals surface area (Å²) in [6.45, 7) is 4.54. The molecule has 104 valence electrons. The molecule has 0 bridgehead atoms. The number of nitrogens with zero attached hydrogens (tertiary/aromatic N) is 3. The van der Waals surface area contributed by atoms with Crippen molar-refractivity contribution in [2.75, 3.05) is 13.1 Å². The van der Waals surface area contributed by atoms with E-state index in [1.54, 1.807) is 22.8 Å². The lowest BCUT2D eigenvalue weighted by Gasteiger charge is -2.28. The Morgan fingerprint density at radius 1 is 1.47 bits per heavy atom. The SMILES string of the molecule is CC(C)C1(C(=O)O)CCN(C(=O)c2cncn2C)C1. The number of carbonyl (C=O) groups is 2. The van der Waals surface area contributed by atoms with Crippen molar-refractivity contribution in [1.29, 1.82) is 0 Å². The molecule has 2 heterocycles. The molecule has 0 radical (unpaired) electrons. The maximum Gasteiger partial charge on any atom is 0.311 e. The van der Waals surface area contributed by atoms with Gasteiger partial charge < -0.3 is 14.6 Å². The van der Waals surface area contributed by atoms with Gasteiger partial charge >= 0.3 is 5.97 Å². The maximum atomic E-state index is 12.3. The Balaban J connectivity index is 2.20. The average molecular weight is 265 g/mol. The lowest BCUT2D eigenvalue weighted by Crippen LogP contribution is -2.40. The highest BCUT2D eigenvalue weighted by atomic mass is 16.4. The number of rotatable bonds is 3. The van der Waals surface area contributed by atoms with Crippen molar-refractivity contribution < 1.29 is 14.7 Å². The van der Waals surface area contributed by atoms with Crippen molar-refractivity contribution in [3.05, 3.63) is 18.2 Å². The number of carboxylic acids is 1. The van der Waals surface area contributed by atoms with E-state index in [0.717, 1.165) is 0 Å². The molecular weight excluding hydrogens is 246 g/mol. The van der Waals surface area contributed by atoms with E-state index < -0.39 is 11.4 Å². The van der Waals surface area contributed by atoms with Crippen LogP contribution < -0.4 is 0 Å². The van der Waals surface area contributed by atoms with Crippen LogP contribution in [0.5, 0.6) is 0 Å². The number of hydrogen-bond acceptors (Lipinski definition) is 3. The predicted octanol–water partition coefficient (Wildman–Crippen LogP) is 0.993. The second-order valence-electron chi connectivity index (χ2n) is 5.48. The third kappa shape index (κ3) is 2.11. The second kappa shape index (κ2) is 4.68. The van der Waals surface area contributed by atoms with Crippen molar-refractivity contribution in [2.24, 2.45) is 18.4 Å². The first kappa shape index (κ1) is 13.6. The van der Waals surface area contributed by atoms with E-state index in [1.807, 2.05) is 13.8 Å². The van der Waals surface area contributed by atoms with Crippen molar-refractivity contribution in [2.45, 2.75) is 20.3 Å². The summed E-state index contributed by atoms with van der Waals surface area (Å²) in [6, 6.07) is 0. The van der Waals surface area contributed by atoms with Crippen LogP contribution in [0.4, 0.5) is 0 Å². The first-order valence-corrected chi connectivity index (χ1v) is 6.37. The minimum absolute atomic E-state index is 0.00524. The van der Waals surface area contributed by atoms with Crippen molar-refractivity contribution in [3.63, 3.8) is 0 Å². The highest BCUT2D eigenvalue weighted by Gasteiger charge is 2.48. The molecule has 0 aromatic carbocycles. The Kier molecular flexibility index (Phi) is 3.34. The third-order valence-corrected chi connectivity index (χ3v) is 4.15. The third-order valence-electron chi connectivity index (χ3n) is 4.15. The quantitative estimate of drug-likeness (QED) is 0.884. The second-order valence-corrected chi connectivity index (χ2v) is 5.48. The fraction of sp³-hybridized carbons (Fsp3) is 0.615. The molecule has 0 saturated carbocycles. The van der Waals surface area contributed by atoms with Crippen LogP contribution in [-0.2, 0) is 11.8 Å². The Morgan fingerprint density at radius 2 is 2.16 bits per heavy atom. The number of aromatic nitrogens is 2. The van der Waals surface area contributed by atoms with E-state index >= 15 is 0 Å². The van der Waals surface area contributed by atoms with Gasteiger partial charge in [-0.05, 0) is 12.3 Å². The van der Waals surface area contributed by atoms with E-state index in [4.69, 9.17) is 0 Å². The Hall–Kier alpha value is -1.85. The molecule has 0 spiro atoms. The molecule has 1 saturated heterocycles. The van der Waals surface area contributed by atoms with Crippen LogP contribution in [0.15, 0.2) is 12.5 Å². The van der Waals surface area contributed by atoms with E-state index in [-0.39, 0.29) is 18.4 Å². The average Bonchev–Trinajstić information content (AvgIpc) is 2.94. The fourth-order valence-corrected chi connectivity index (χ4v) is 2.62. The molecule has 1 aliphatic rings. The van der Waals surface area contributed by atoms with Gasteiger partial charge in [-0.2, -0.15) is 0 Å². The minimum atomic E-state index is -0.825. The number of hydrogen-bond donors (Lipinski definition) is 1. The van der Waals surface area contributed by atoms with Gasteiger partial charge in [-0.15, -0.1) is 0 Å². The minimum Gasteiger partial charge on any atom is -0.481 e. The first-order chi connectivity index (χ1) is 8.88. The molecule has 2 rings (SSSR count). The fourth-order valence-electron chi connectivity index (χ4n) is 2.62. The molecular formula is C13H19N3O3. The van der Waals surface area contributed by atoms with Crippen molar-refractivity contribution in [1.82, 2.24) is 14.5 Å². The van der Waals surface area contributed by atoms with E-state index in [1.165, 1.54) is 6.20 Å². The maximum absolute atomic E-state index is 12.3. The van der Waals surface area contributed by atoms with Gasteiger partial charge in [-0.1, -0.05) is 13.8 Å². The number of aliphatic carboxylic acids is 1. The van der Waals surface area contributed by atoms with Crippen LogP contribution in [0, 0.1) is 11.3 Å². The molecule has 1 aromatic rings. The van der Waals surface area contributed by atoms with Gasteiger partial charge in [-0.3, -0.25) is 9.59 Å². The van der Waals surface area contributed by atoms with E-state index in [9.17, 15) is 14.7 Å². The number of likely N-dealkylation sites (tertiary alicyclic amines) is 1. The Labute approximate surface area is 112 Å². The molecule has 1 fully saturated rings. The van der Waals surface area contributed by atoms with Crippen LogP contribution >= 0.6 is 0 Å². The summed E-state index contributed by atoms with van der Waals surface area (Å²) in [6.07, 6.45) is 3.58. The summed E-state index contributed by atoms with van der Waals surface area (Å²) in [4.78, 5) is 29.4. The molecule has 6 nitrogen and oxygen atoms in total. The molecule has 1 unspecified atom stereocenters. The van der Waals surface area contributed by atoms with Crippen LogP contribution in [0.2, 0.25) is 0 Å². The summed E-state index contributed by atoms with van der Waals surface area (Å²) in [7, 11) is 1.75. The summed E-state index contributed by atoms with van der Waals surface area (Å²) in [5, 5.41) is 9.46. The molecule has 1 N–H and O–H groups in total. The number of carboxylic acid groups (broad SMARTS) is 1. The number of aryl methyl sites for hydroxylation is 1. The van der Waals surface area contributed by atoms with Gasteiger partial charge in [0.2, 0.25) is 0 Å². The van der Waals surface area contributed by atoms with Gasteiger partial charge in [0, 0.05) is 20.1 Å². The number of carbonyl (C=O) groups excluding carboxylic acids is 1. The Bertz CT molecular complexity index is 509. The van der Waals surface area contributed by atoms with Crippen LogP contribution in [0.25, 0.3) is 0 Å². The zero-order valence-electron chi connectivity index (χ0n) is 11.5. The summed E-state index contributed by atoms with van der Waals surface area (Å²) in [5.74, 6) is -0.971. The standard InChI is InChI=1S/C13H19N3O3/c1-9(2)13(12(18)19)4-5-16(7-13)11(17)10-6-14-8-15(10)3/h6,8-9H,4-5,7H2,1-3H3,(H,18,19). The lowest BCUT2D eigenvalue weighted by atomic mass is 9.76. The van der Waals surface area contributed by atoms with Crippen LogP contribution in [-0.4, -0.2) is 44.5 Å².